The average Bonchev–Trinajstić information content (AvgIpc) is 2.55. The molecule has 0 aromatic heterocycles. The third kappa shape index (κ3) is 3.24. The van der Waals surface area contributed by atoms with E-state index in [-0.39, 0.29) is 12.0 Å². The van der Waals surface area contributed by atoms with Crippen LogP contribution >= 0.6 is 0 Å². The van der Waals surface area contributed by atoms with Crippen molar-refractivity contribution in [2.75, 3.05) is 0 Å². The van der Waals surface area contributed by atoms with Crippen LogP contribution in [-0.4, -0.2) is 14.5 Å². The zero-order valence-corrected chi connectivity index (χ0v) is 13.9. The van der Waals surface area contributed by atoms with E-state index in [1.807, 2.05) is 37.3 Å². The minimum Gasteiger partial charge on any atom is -0.208 e. The van der Waals surface area contributed by atoms with Crippen LogP contribution in [0.2, 0.25) is 0 Å². The molecule has 4 nitrogen and oxygen atoms in total. The number of hydrogen-bond acceptors (Lipinski definition) is 3. The van der Waals surface area contributed by atoms with E-state index >= 15 is 0 Å². The summed E-state index contributed by atoms with van der Waals surface area (Å²) in [4.78, 5) is 0.334. The second-order valence-corrected chi connectivity index (χ2v) is 7.91. The Balaban J connectivity index is 1.89. The summed E-state index contributed by atoms with van der Waals surface area (Å²) in [5, 5.41) is 10.7. The number of rotatable bonds is 3. The highest BCUT2D eigenvalue weighted by atomic mass is 32.2. The van der Waals surface area contributed by atoms with E-state index in [0.717, 1.165) is 42.0 Å². The maximum absolute atomic E-state index is 12.8. The molecule has 1 fully saturated rings. The summed E-state index contributed by atoms with van der Waals surface area (Å²) >= 11 is 0. The van der Waals surface area contributed by atoms with Crippen LogP contribution in [-0.2, 0) is 10.0 Å². The number of hydrogen-bond donors (Lipinski definition) is 1. The fourth-order valence-electron chi connectivity index (χ4n) is 3.28. The molecule has 0 amide bonds. The number of sulfonamides is 1. The van der Waals surface area contributed by atoms with Gasteiger partial charge in [0.05, 0.1) is 11.0 Å². The molecule has 0 aliphatic heterocycles. The quantitative estimate of drug-likeness (QED) is 0.937. The fraction of sp³-hybridized carbons (Fsp3) is 0.389. The van der Waals surface area contributed by atoms with E-state index < -0.39 is 10.0 Å². The molecular formula is C18H20N2O2S. The predicted molar refractivity (Wildman–Crippen MR) is 90.4 cm³/mol. The molecule has 0 atom stereocenters. The first-order valence-electron chi connectivity index (χ1n) is 7.91. The van der Waals surface area contributed by atoms with Gasteiger partial charge in [-0.25, -0.2) is 13.1 Å². The molecule has 1 saturated carbocycles. The lowest BCUT2D eigenvalue weighted by Crippen LogP contribution is -2.37. The Morgan fingerprint density at radius 2 is 1.70 bits per heavy atom. The standard InChI is InChI=1S/C18H20N2O2S/c1-13-6-11-18(17-5-3-2-4-16(13)17)23(21,22)20-15-9-7-14(12-19)8-10-15/h2-6,11,14-15,20H,7-10H2,1H3. The fourth-order valence-corrected chi connectivity index (χ4v) is 4.80. The van der Waals surface area contributed by atoms with Crippen molar-refractivity contribution in [3.8, 4) is 6.07 Å². The highest BCUT2D eigenvalue weighted by Crippen LogP contribution is 2.28. The molecule has 3 rings (SSSR count). The van der Waals surface area contributed by atoms with Gasteiger partial charge < -0.3 is 0 Å². The molecule has 1 N–H and O–H groups in total. The van der Waals surface area contributed by atoms with Crippen molar-refractivity contribution in [2.45, 2.75) is 43.5 Å². The zero-order chi connectivity index (χ0) is 16.4. The lowest BCUT2D eigenvalue weighted by Gasteiger charge is -2.25. The summed E-state index contributed by atoms with van der Waals surface area (Å²) in [6.45, 7) is 1.98. The van der Waals surface area contributed by atoms with Crippen LogP contribution in [0.4, 0.5) is 0 Å². The van der Waals surface area contributed by atoms with E-state index in [9.17, 15) is 8.42 Å². The molecule has 0 spiro atoms. The summed E-state index contributed by atoms with van der Waals surface area (Å²) in [7, 11) is -3.56. The van der Waals surface area contributed by atoms with E-state index in [1.54, 1.807) is 6.07 Å². The molecular weight excluding hydrogens is 308 g/mol. The van der Waals surface area contributed by atoms with Gasteiger partial charge in [-0.1, -0.05) is 30.3 Å². The average molecular weight is 328 g/mol. The van der Waals surface area contributed by atoms with Crippen LogP contribution in [0, 0.1) is 24.2 Å². The van der Waals surface area contributed by atoms with Crippen molar-refractivity contribution in [3.05, 3.63) is 42.0 Å². The molecule has 2 aromatic rings. The van der Waals surface area contributed by atoms with Crippen molar-refractivity contribution in [1.82, 2.24) is 4.72 Å². The Labute approximate surface area is 137 Å². The highest BCUT2D eigenvalue weighted by molar-refractivity contribution is 7.89. The number of benzene rings is 2. The summed E-state index contributed by atoms with van der Waals surface area (Å²) in [6, 6.07) is 13.3. The van der Waals surface area contributed by atoms with E-state index in [4.69, 9.17) is 5.26 Å². The van der Waals surface area contributed by atoms with Crippen LogP contribution in [0.3, 0.4) is 0 Å². The van der Waals surface area contributed by atoms with Gasteiger partial charge in [-0.05, 0) is 49.6 Å². The van der Waals surface area contributed by atoms with Crippen LogP contribution in [0.15, 0.2) is 41.3 Å². The van der Waals surface area contributed by atoms with Gasteiger partial charge in [0.1, 0.15) is 0 Å². The SMILES string of the molecule is Cc1ccc(S(=O)(=O)NC2CCC(C#N)CC2)c2ccccc12. The number of fused-ring (bicyclic) bond motifs is 1. The Bertz CT molecular complexity index is 860. The lowest BCUT2D eigenvalue weighted by atomic mass is 9.88. The number of nitrogens with zero attached hydrogens (tertiary/aromatic N) is 1. The third-order valence-electron chi connectivity index (χ3n) is 4.62. The van der Waals surface area contributed by atoms with Gasteiger partial charge in [-0.3, -0.25) is 0 Å². The molecule has 0 saturated heterocycles. The number of nitriles is 1. The minimum atomic E-state index is -3.56. The topological polar surface area (TPSA) is 70.0 Å². The molecule has 1 aliphatic carbocycles. The molecule has 0 radical (unpaired) electrons. The molecule has 23 heavy (non-hydrogen) atoms. The van der Waals surface area contributed by atoms with Gasteiger partial charge in [0.25, 0.3) is 0 Å². The Morgan fingerprint density at radius 3 is 2.35 bits per heavy atom. The Kier molecular flexibility index (Phi) is 4.38. The maximum Gasteiger partial charge on any atom is 0.241 e. The molecule has 0 unspecified atom stereocenters. The largest absolute Gasteiger partial charge is 0.241 e. The van der Waals surface area contributed by atoms with E-state index in [1.165, 1.54) is 0 Å². The predicted octanol–water partition coefficient (Wildman–Crippen LogP) is 3.51. The Hall–Kier alpha value is -1.90. The van der Waals surface area contributed by atoms with Gasteiger partial charge in [0.15, 0.2) is 0 Å². The molecule has 2 aromatic carbocycles. The van der Waals surface area contributed by atoms with Gasteiger partial charge in [0, 0.05) is 17.3 Å². The maximum atomic E-state index is 12.8. The molecule has 1 aliphatic rings. The van der Waals surface area contributed by atoms with Gasteiger partial charge in [-0.2, -0.15) is 5.26 Å². The van der Waals surface area contributed by atoms with Crippen molar-refractivity contribution in [1.29, 1.82) is 5.26 Å². The summed E-state index contributed by atoms with van der Waals surface area (Å²) in [5.41, 5.74) is 1.06. The smallest absolute Gasteiger partial charge is 0.208 e. The second-order valence-electron chi connectivity index (χ2n) is 6.23. The molecule has 5 heteroatoms. The van der Waals surface area contributed by atoms with Crippen molar-refractivity contribution in [3.63, 3.8) is 0 Å². The monoisotopic (exact) mass is 328 g/mol. The van der Waals surface area contributed by atoms with E-state index in [0.29, 0.717) is 4.90 Å². The summed E-state index contributed by atoms with van der Waals surface area (Å²) in [6.07, 6.45) is 2.97. The first-order chi connectivity index (χ1) is 11.0. The summed E-state index contributed by atoms with van der Waals surface area (Å²) in [5.74, 6) is 0.0657. The molecule has 0 bridgehead atoms. The van der Waals surface area contributed by atoms with Crippen LogP contribution < -0.4 is 4.72 Å². The van der Waals surface area contributed by atoms with Gasteiger partial charge in [0.2, 0.25) is 10.0 Å². The van der Waals surface area contributed by atoms with Crippen LogP contribution in [0.1, 0.15) is 31.2 Å². The first-order valence-corrected chi connectivity index (χ1v) is 9.40. The van der Waals surface area contributed by atoms with Gasteiger partial charge in [-0.15, -0.1) is 0 Å². The minimum absolute atomic E-state index is 0.0657. The third-order valence-corrected chi connectivity index (χ3v) is 6.20. The van der Waals surface area contributed by atoms with Crippen molar-refractivity contribution in [2.24, 2.45) is 5.92 Å². The first kappa shape index (κ1) is 16.0. The highest BCUT2D eigenvalue weighted by Gasteiger charge is 2.26. The normalized spacial score (nSPS) is 21.9. The van der Waals surface area contributed by atoms with E-state index in [2.05, 4.69) is 10.8 Å². The van der Waals surface area contributed by atoms with Crippen LogP contribution in [0.5, 0.6) is 0 Å². The summed E-state index contributed by atoms with van der Waals surface area (Å²) < 4.78 is 28.4. The number of aryl methyl sites for hydroxylation is 1. The second kappa shape index (κ2) is 6.31. The van der Waals surface area contributed by atoms with Crippen molar-refractivity contribution < 1.29 is 8.42 Å². The van der Waals surface area contributed by atoms with Crippen molar-refractivity contribution >= 4 is 20.8 Å². The molecule has 0 heterocycles. The number of nitrogens with one attached hydrogen (secondary N) is 1. The van der Waals surface area contributed by atoms with Gasteiger partial charge >= 0.3 is 0 Å². The zero-order valence-electron chi connectivity index (χ0n) is 13.1. The lowest BCUT2D eigenvalue weighted by molar-refractivity contribution is 0.362. The molecule has 120 valence electrons. The Morgan fingerprint density at radius 1 is 1.04 bits per heavy atom. The van der Waals surface area contributed by atoms with Crippen LogP contribution in [0.25, 0.3) is 10.8 Å².